The minimum Gasteiger partial charge on any atom is -0.490 e. The molecule has 4 N–H and O–H groups in total. The van der Waals surface area contributed by atoms with E-state index >= 15 is 0 Å². The van der Waals surface area contributed by atoms with E-state index in [1.807, 2.05) is 0 Å². The Kier molecular flexibility index (Phi) is 5.80. The van der Waals surface area contributed by atoms with Gasteiger partial charge in [0, 0.05) is 11.6 Å². The van der Waals surface area contributed by atoms with Crippen molar-refractivity contribution in [2.24, 2.45) is 0 Å². The van der Waals surface area contributed by atoms with Gasteiger partial charge in [-0.2, -0.15) is 0 Å². The predicted octanol–water partition coefficient (Wildman–Crippen LogP) is 0.376. The molecule has 0 saturated carbocycles. The van der Waals surface area contributed by atoms with E-state index in [1.165, 1.54) is 25.3 Å². The Morgan fingerprint density at radius 3 is 2.56 bits per heavy atom. The zero-order chi connectivity index (χ0) is 24.0. The first-order chi connectivity index (χ1) is 16.4. The highest BCUT2D eigenvalue weighted by atomic mass is 16.7. The summed E-state index contributed by atoms with van der Waals surface area (Å²) in [6.07, 6.45) is -7.18. The van der Waals surface area contributed by atoms with Gasteiger partial charge in [-0.25, -0.2) is 0 Å². The monoisotopic (exact) mass is 474 g/mol. The van der Waals surface area contributed by atoms with E-state index in [4.69, 9.17) is 28.1 Å². The summed E-state index contributed by atoms with van der Waals surface area (Å²) in [5.41, 5.74) is 0.289. The lowest BCUT2D eigenvalue weighted by molar-refractivity contribution is -0.277. The molecule has 0 aliphatic carbocycles. The van der Waals surface area contributed by atoms with Gasteiger partial charge in [-0.15, -0.1) is 0 Å². The van der Waals surface area contributed by atoms with Gasteiger partial charge in [0.1, 0.15) is 35.7 Å². The van der Waals surface area contributed by atoms with Gasteiger partial charge >= 0.3 is 0 Å². The van der Waals surface area contributed by atoms with Crippen molar-refractivity contribution in [2.75, 3.05) is 20.5 Å². The first kappa shape index (κ1) is 22.4. The van der Waals surface area contributed by atoms with Crippen LogP contribution < -0.4 is 24.4 Å². The van der Waals surface area contributed by atoms with Gasteiger partial charge in [0.25, 0.3) is 0 Å². The SMILES string of the molecule is COc1c(-c2ccc3c(c2)OCO3)oc2cc(OC3OC(CO)C(O)C(O)C3O)ccc2c1=O. The van der Waals surface area contributed by atoms with Crippen molar-refractivity contribution in [3.8, 4) is 34.3 Å². The number of hydrogen-bond donors (Lipinski definition) is 4. The molecule has 5 unspecified atom stereocenters. The van der Waals surface area contributed by atoms with Crippen LogP contribution >= 0.6 is 0 Å². The second kappa shape index (κ2) is 8.78. The Morgan fingerprint density at radius 2 is 1.79 bits per heavy atom. The summed E-state index contributed by atoms with van der Waals surface area (Å²) < 4.78 is 33.1. The van der Waals surface area contributed by atoms with Crippen molar-refractivity contribution < 1.29 is 48.5 Å². The number of hydrogen-bond acceptors (Lipinski definition) is 11. The van der Waals surface area contributed by atoms with Crippen LogP contribution in [0.5, 0.6) is 23.0 Å². The summed E-state index contributed by atoms with van der Waals surface area (Å²) in [7, 11) is 1.37. The van der Waals surface area contributed by atoms with Gasteiger partial charge < -0.3 is 48.5 Å². The van der Waals surface area contributed by atoms with Gasteiger partial charge in [-0.05, 0) is 30.3 Å². The van der Waals surface area contributed by atoms with Crippen molar-refractivity contribution in [3.05, 3.63) is 46.6 Å². The molecule has 3 aromatic rings. The van der Waals surface area contributed by atoms with Crippen LogP contribution in [0.1, 0.15) is 0 Å². The molecule has 3 heterocycles. The Morgan fingerprint density at radius 1 is 1.00 bits per heavy atom. The molecule has 0 radical (unpaired) electrons. The smallest absolute Gasteiger partial charge is 0.235 e. The number of methoxy groups -OCH3 is 1. The lowest BCUT2D eigenvalue weighted by Gasteiger charge is -2.39. The molecule has 11 nitrogen and oxygen atoms in total. The summed E-state index contributed by atoms with van der Waals surface area (Å²) in [6, 6.07) is 9.42. The van der Waals surface area contributed by atoms with Gasteiger partial charge in [-0.3, -0.25) is 4.79 Å². The van der Waals surface area contributed by atoms with Crippen LogP contribution in [0.2, 0.25) is 0 Å². The zero-order valence-electron chi connectivity index (χ0n) is 17.9. The molecule has 0 spiro atoms. The van der Waals surface area contributed by atoms with Crippen molar-refractivity contribution in [3.63, 3.8) is 0 Å². The average molecular weight is 474 g/mol. The second-order valence-corrected chi connectivity index (χ2v) is 7.83. The predicted molar refractivity (Wildman–Crippen MR) is 115 cm³/mol. The fourth-order valence-electron chi connectivity index (χ4n) is 3.94. The highest BCUT2D eigenvalue weighted by Gasteiger charge is 2.44. The maximum Gasteiger partial charge on any atom is 0.235 e. The summed E-state index contributed by atoms with van der Waals surface area (Å²) >= 11 is 0. The number of rotatable bonds is 5. The van der Waals surface area contributed by atoms with E-state index in [0.29, 0.717) is 17.1 Å². The number of ether oxygens (including phenoxy) is 5. The average Bonchev–Trinajstić information content (AvgIpc) is 3.32. The van der Waals surface area contributed by atoms with Crippen molar-refractivity contribution in [1.82, 2.24) is 0 Å². The maximum atomic E-state index is 13.1. The molecule has 5 rings (SSSR count). The van der Waals surface area contributed by atoms with Gasteiger partial charge in [0.15, 0.2) is 17.3 Å². The van der Waals surface area contributed by atoms with E-state index < -0.39 is 42.7 Å². The minimum atomic E-state index is -1.59. The normalized spacial score (nSPS) is 26.0. The quantitative estimate of drug-likeness (QED) is 0.405. The topological polar surface area (TPSA) is 157 Å². The molecule has 5 atom stereocenters. The second-order valence-electron chi connectivity index (χ2n) is 7.83. The van der Waals surface area contributed by atoms with E-state index in [2.05, 4.69) is 0 Å². The molecule has 2 aliphatic heterocycles. The summed E-state index contributed by atoms with van der Waals surface area (Å²) in [5.74, 6) is 1.40. The zero-order valence-corrected chi connectivity index (χ0v) is 17.9. The first-order valence-corrected chi connectivity index (χ1v) is 10.4. The van der Waals surface area contributed by atoms with Gasteiger partial charge in [0.05, 0.1) is 19.1 Å². The summed E-state index contributed by atoms with van der Waals surface area (Å²) in [6.45, 7) is -0.494. The van der Waals surface area contributed by atoms with Crippen LogP contribution in [0.15, 0.2) is 45.6 Å². The fourth-order valence-corrected chi connectivity index (χ4v) is 3.94. The first-order valence-electron chi connectivity index (χ1n) is 10.4. The number of aliphatic hydroxyl groups excluding tert-OH is 4. The van der Waals surface area contributed by atoms with E-state index in [-0.39, 0.29) is 35.0 Å². The molecule has 1 fully saturated rings. The standard InChI is InChI=1S/C23H22O11/c1-29-22-17(25)12-4-3-11(32-23-20(28)19(27)18(26)16(8-24)34-23)7-14(12)33-21(22)10-2-5-13-15(6-10)31-9-30-13/h2-7,16,18-20,23-24,26-28H,8-9H2,1H3. The van der Waals surface area contributed by atoms with Crippen LogP contribution in [-0.2, 0) is 4.74 Å². The number of benzene rings is 2. The lowest BCUT2D eigenvalue weighted by atomic mass is 9.99. The highest BCUT2D eigenvalue weighted by molar-refractivity contribution is 5.83. The van der Waals surface area contributed by atoms with Crippen LogP contribution in [0.4, 0.5) is 0 Å². The Labute approximate surface area is 192 Å². The lowest BCUT2D eigenvalue weighted by Crippen LogP contribution is -2.60. The summed E-state index contributed by atoms with van der Waals surface area (Å²) in [5, 5.41) is 39.7. The summed E-state index contributed by atoms with van der Waals surface area (Å²) in [4.78, 5) is 13.1. The molecule has 1 aromatic heterocycles. The molecule has 0 amide bonds. The van der Waals surface area contributed by atoms with Crippen molar-refractivity contribution in [2.45, 2.75) is 30.7 Å². The van der Waals surface area contributed by atoms with Crippen LogP contribution in [0.25, 0.3) is 22.3 Å². The van der Waals surface area contributed by atoms with E-state index in [0.717, 1.165) is 0 Å². The highest BCUT2D eigenvalue weighted by Crippen LogP contribution is 2.39. The molecule has 1 saturated heterocycles. The molecule has 180 valence electrons. The van der Waals surface area contributed by atoms with Crippen molar-refractivity contribution >= 4 is 11.0 Å². The van der Waals surface area contributed by atoms with Gasteiger partial charge in [-0.1, -0.05) is 0 Å². The molecule has 34 heavy (non-hydrogen) atoms. The number of aliphatic hydroxyl groups is 4. The minimum absolute atomic E-state index is 0.00830. The molecule has 0 bridgehead atoms. The van der Waals surface area contributed by atoms with Crippen LogP contribution in [0.3, 0.4) is 0 Å². The molecule has 2 aliphatic rings. The van der Waals surface area contributed by atoms with E-state index in [9.17, 15) is 25.2 Å². The Balaban J connectivity index is 1.52. The third-order valence-electron chi connectivity index (χ3n) is 5.76. The largest absolute Gasteiger partial charge is 0.490 e. The number of fused-ring (bicyclic) bond motifs is 2. The fraction of sp³-hybridized carbons (Fsp3) is 0.348. The Hall–Kier alpha value is -3.35. The molecule has 11 heteroatoms. The molecular weight excluding hydrogens is 452 g/mol. The molecular formula is C23H22O11. The third-order valence-corrected chi connectivity index (χ3v) is 5.76. The van der Waals surface area contributed by atoms with Gasteiger partial charge in [0.2, 0.25) is 24.3 Å². The van der Waals surface area contributed by atoms with Crippen LogP contribution in [0, 0.1) is 0 Å². The van der Waals surface area contributed by atoms with Crippen LogP contribution in [-0.4, -0.2) is 71.6 Å². The Bertz CT molecular complexity index is 1270. The van der Waals surface area contributed by atoms with E-state index in [1.54, 1.807) is 18.2 Å². The van der Waals surface area contributed by atoms with Crippen molar-refractivity contribution in [1.29, 1.82) is 0 Å². The molecule has 2 aromatic carbocycles. The third kappa shape index (κ3) is 3.73. The maximum absolute atomic E-state index is 13.1.